The summed E-state index contributed by atoms with van der Waals surface area (Å²) < 4.78 is 0. The van der Waals surface area contributed by atoms with Crippen molar-refractivity contribution in [1.29, 1.82) is 0 Å². The molecule has 0 aromatic carbocycles. The van der Waals surface area contributed by atoms with Crippen LogP contribution in [0.25, 0.3) is 0 Å². The third-order valence-electron chi connectivity index (χ3n) is 4.00. The second-order valence-electron chi connectivity index (χ2n) is 4.78. The van der Waals surface area contributed by atoms with E-state index in [0.717, 1.165) is 0 Å². The Morgan fingerprint density at radius 2 is 0.950 bits per heavy atom. The van der Waals surface area contributed by atoms with Gasteiger partial charge in [0.1, 0.15) is 0 Å². The average molecular weight is 312 g/mol. The molecule has 0 amide bonds. The molecule has 6 radical (unpaired) electrons. The third-order valence-corrected chi connectivity index (χ3v) is 4.82. The third kappa shape index (κ3) is 4.00. The van der Waals surface area contributed by atoms with E-state index < -0.39 is 0 Å². The molecular weight excluding hydrogens is 295 g/mol. The van der Waals surface area contributed by atoms with Crippen molar-refractivity contribution in [3.8, 4) is 0 Å². The van der Waals surface area contributed by atoms with Gasteiger partial charge in [0, 0.05) is 0 Å². The molecule has 0 unspecified atom stereocenters. The van der Waals surface area contributed by atoms with E-state index in [4.69, 9.17) is 14.4 Å². The molecule has 0 heterocycles. The van der Waals surface area contributed by atoms with Gasteiger partial charge < -0.3 is 0 Å². The molecule has 4 heteroatoms. The van der Waals surface area contributed by atoms with E-state index in [1.54, 1.807) is 22.3 Å². The molecule has 0 aromatic heterocycles. The van der Waals surface area contributed by atoms with Crippen LogP contribution in [-0.2, 0) is 30.4 Å². The van der Waals surface area contributed by atoms with Crippen molar-refractivity contribution in [1.82, 2.24) is 0 Å². The zero-order valence-corrected chi connectivity index (χ0v) is 12.5. The zero-order valence-electron chi connectivity index (χ0n) is 11.3. The Bertz CT molecular complexity index is 337. The summed E-state index contributed by atoms with van der Waals surface area (Å²) in [6.45, 7) is 13.5. The molecule has 20 heavy (non-hydrogen) atoms. The molecule has 0 aromatic rings. The van der Waals surface area contributed by atoms with Crippen molar-refractivity contribution in [2.45, 2.75) is 56.2 Å². The van der Waals surface area contributed by atoms with Crippen LogP contribution < -0.4 is 0 Å². The van der Waals surface area contributed by atoms with Gasteiger partial charge in [0.25, 0.3) is 20.4 Å². The number of fused-ring (bicyclic) bond motifs is 1. The molecule has 3 aliphatic carbocycles. The van der Waals surface area contributed by atoms with Crippen molar-refractivity contribution in [3.63, 3.8) is 0 Å². The van der Waals surface area contributed by atoms with Crippen LogP contribution in [0.5, 0.6) is 0 Å². The molecule has 0 spiro atoms. The van der Waals surface area contributed by atoms with Gasteiger partial charge >= 0.3 is 94.5 Å². The van der Waals surface area contributed by atoms with Gasteiger partial charge in [-0.15, -0.1) is 0 Å². The number of hydrogen-bond donors (Lipinski definition) is 0. The standard InChI is InChI=1S/C13H17.3CO.Mn/c1-3-7-12-10(5-1)9-11-6-2-4-8-13(11)12;3*1-2;/h9H,1-8H2;;;;. The number of hydrogen-bond acceptors (Lipinski definition) is 3. The van der Waals surface area contributed by atoms with Gasteiger partial charge in [0.15, 0.2) is 0 Å². The molecular formula is C16H17MnO3. The molecule has 3 rings (SSSR count). The molecule has 106 valence electrons. The first kappa shape index (κ1) is 19.0. The van der Waals surface area contributed by atoms with Crippen LogP contribution in [-0.4, -0.2) is 20.4 Å². The van der Waals surface area contributed by atoms with Crippen LogP contribution in [0.15, 0.2) is 22.3 Å². The summed E-state index contributed by atoms with van der Waals surface area (Å²) >= 11 is 3.91. The Kier molecular flexibility index (Phi) is 10.2. The van der Waals surface area contributed by atoms with E-state index in [2.05, 4.69) is 36.4 Å². The molecule has 3 nitrogen and oxygen atoms in total. The fourth-order valence-corrected chi connectivity index (χ4v) is 4.07. The fourth-order valence-electron chi connectivity index (χ4n) is 3.32. The number of allylic oxidation sites excluding steroid dienone is 4. The molecule has 0 bridgehead atoms. The first-order valence-corrected chi connectivity index (χ1v) is 7.25. The molecule has 0 saturated heterocycles. The summed E-state index contributed by atoms with van der Waals surface area (Å²) in [6, 6.07) is 0. The summed E-state index contributed by atoms with van der Waals surface area (Å²) in [6.07, 6.45) is 11.1. The normalized spacial score (nSPS) is 20.2. The second-order valence-corrected chi connectivity index (χ2v) is 5.47. The van der Waals surface area contributed by atoms with Gasteiger partial charge in [-0.25, -0.2) is 0 Å². The Morgan fingerprint density at radius 1 is 0.650 bits per heavy atom. The Balaban J connectivity index is 0.000000538. The van der Waals surface area contributed by atoms with E-state index in [1.165, 1.54) is 51.4 Å². The van der Waals surface area contributed by atoms with Crippen LogP contribution in [0.3, 0.4) is 0 Å². The van der Waals surface area contributed by atoms with Crippen LogP contribution in [0.2, 0.25) is 4.82 Å². The molecule has 3 aliphatic rings. The van der Waals surface area contributed by atoms with Crippen molar-refractivity contribution >= 4 is 20.4 Å². The fraction of sp³-hybridized carbons (Fsp3) is 0.562. The van der Waals surface area contributed by atoms with Gasteiger partial charge in [-0.1, -0.05) is 0 Å². The van der Waals surface area contributed by atoms with Gasteiger partial charge in [0.2, 0.25) is 0 Å². The monoisotopic (exact) mass is 312 g/mol. The maximum atomic E-state index is 7.50. The summed E-state index contributed by atoms with van der Waals surface area (Å²) in [5.74, 6) is 0. The van der Waals surface area contributed by atoms with E-state index in [1.807, 2.05) is 0 Å². The van der Waals surface area contributed by atoms with Crippen molar-refractivity contribution in [2.24, 2.45) is 0 Å². The number of rotatable bonds is 0. The predicted molar refractivity (Wildman–Crippen MR) is 71.8 cm³/mol. The molecule has 0 saturated carbocycles. The SMILES string of the molecule is [C]=O.[C]=O.[C]=O.[Mn][CH]1C2=C(CCCC2)C2=C1CCCC2. The minimum absolute atomic E-state index is 0.646. The van der Waals surface area contributed by atoms with Crippen LogP contribution in [0.1, 0.15) is 51.4 Å². The molecule has 0 atom stereocenters. The molecule has 0 aliphatic heterocycles. The summed E-state index contributed by atoms with van der Waals surface area (Å²) in [5, 5.41) is 0. The Hall–Kier alpha value is -0.991. The van der Waals surface area contributed by atoms with Crippen LogP contribution in [0, 0.1) is 0 Å². The van der Waals surface area contributed by atoms with Gasteiger partial charge in [-0.05, 0) is 0 Å². The first-order valence-electron chi connectivity index (χ1n) is 6.57. The van der Waals surface area contributed by atoms with Crippen molar-refractivity contribution in [2.75, 3.05) is 0 Å². The van der Waals surface area contributed by atoms with Crippen LogP contribution in [0.4, 0.5) is 0 Å². The average Bonchev–Trinajstić information content (AvgIpc) is 2.87. The second kappa shape index (κ2) is 10.8. The summed E-state index contributed by atoms with van der Waals surface area (Å²) in [5.41, 5.74) is 7.05. The molecule has 0 fully saturated rings. The Morgan fingerprint density at radius 3 is 1.30 bits per heavy atom. The van der Waals surface area contributed by atoms with E-state index in [9.17, 15) is 0 Å². The summed E-state index contributed by atoms with van der Waals surface area (Å²) in [4.78, 5) is 23.1. The van der Waals surface area contributed by atoms with Crippen LogP contribution >= 0.6 is 0 Å². The predicted octanol–water partition coefficient (Wildman–Crippen LogP) is 2.89. The zero-order chi connectivity index (χ0) is 15.5. The van der Waals surface area contributed by atoms with Gasteiger partial charge in [-0.2, -0.15) is 0 Å². The van der Waals surface area contributed by atoms with Gasteiger partial charge in [-0.3, -0.25) is 14.4 Å². The summed E-state index contributed by atoms with van der Waals surface area (Å²) in [7, 11) is 0. The van der Waals surface area contributed by atoms with Crippen molar-refractivity contribution < 1.29 is 30.4 Å². The number of carbonyl (C=O) groups excluding carboxylic acids is 3. The first-order chi connectivity index (χ1) is 9.88. The Labute approximate surface area is 129 Å². The van der Waals surface area contributed by atoms with Gasteiger partial charge in [0.05, 0.1) is 0 Å². The van der Waals surface area contributed by atoms with Crippen molar-refractivity contribution in [3.05, 3.63) is 22.3 Å². The quantitative estimate of drug-likeness (QED) is 0.646. The molecule has 0 N–H and O–H groups in total. The van der Waals surface area contributed by atoms with E-state index in [0.29, 0.717) is 4.82 Å². The van der Waals surface area contributed by atoms with E-state index in [-0.39, 0.29) is 0 Å². The van der Waals surface area contributed by atoms with E-state index >= 15 is 0 Å². The minimum atomic E-state index is 0.646. The maximum absolute atomic E-state index is 7.50. The topological polar surface area (TPSA) is 51.2 Å².